The van der Waals surface area contributed by atoms with Crippen molar-refractivity contribution in [3.63, 3.8) is 0 Å². The van der Waals surface area contributed by atoms with Crippen LogP contribution in [0.2, 0.25) is 0 Å². The Morgan fingerprint density at radius 1 is 1.36 bits per heavy atom. The van der Waals surface area contributed by atoms with Crippen LogP contribution in [0.25, 0.3) is 0 Å². The third-order valence-corrected chi connectivity index (χ3v) is 3.25. The van der Waals surface area contributed by atoms with Crippen LogP contribution in [0.15, 0.2) is 0 Å². The molecule has 14 heavy (non-hydrogen) atoms. The second-order valence-corrected chi connectivity index (χ2v) is 4.78. The van der Waals surface area contributed by atoms with E-state index in [0.717, 1.165) is 12.3 Å². The van der Waals surface area contributed by atoms with E-state index in [0.29, 0.717) is 6.04 Å². The maximum absolute atomic E-state index is 5.41. The summed E-state index contributed by atoms with van der Waals surface area (Å²) in [7, 11) is 3.84. The van der Waals surface area contributed by atoms with E-state index in [2.05, 4.69) is 33.0 Å². The Kier molecular flexibility index (Phi) is 6.38. The Labute approximate surface area is 89.4 Å². The van der Waals surface area contributed by atoms with E-state index in [1.165, 1.54) is 12.8 Å². The predicted molar refractivity (Wildman–Crippen MR) is 62.6 cm³/mol. The Bertz CT molecular complexity index is 141. The molecule has 0 heterocycles. The summed E-state index contributed by atoms with van der Waals surface area (Å²) in [6.45, 7) is 8.86. The molecular weight excluding hydrogens is 174 g/mol. The average molecular weight is 201 g/mol. The molecule has 2 atom stereocenters. The van der Waals surface area contributed by atoms with Gasteiger partial charge in [-0.2, -0.15) is 0 Å². The molecule has 2 nitrogen and oxygen atoms in total. The molecule has 0 aliphatic rings. The molecule has 0 amide bonds. The van der Waals surface area contributed by atoms with Gasteiger partial charge in [0.25, 0.3) is 0 Å². The lowest BCUT2D eigenvalue weighted by Gasteiger charge is -2.27. The molecule has 0 radical (unpaired) electrons. The van der Waals surface area contributed by atoms with Crippen molar-refractivity contribution in [1.82, 2.24) is 5.32 Å². The quantitative estimate of drug-likeness (QED) is 0.684. The predicted octanol–water partition coefficient (Wildman–Crippen LogP) is 2.83. The van der Waals surface area contributed by atoms with E-state index in [4.69, 9.17) is 4.74 Å². The van der Waals surface area contributed by atoms with Gasteiger partial charge in [0.15, 0.2) is 0 Å². The minimum absolute atomic E-state index is 0.0281. The molecule has 0 saturated carbocycles. The van der Waals surface area contributed by atoms with Crippen LogP contribution in [0.1, 0.15) is 47.0 Å². The summed E-state index contributed by atoms with van der Waals surface area (Å²) in [5.74, 6) is 0.722. The summed E-state index contributed by atoms with van der Waals surface area (Å²) >= 11 is 0. The van der Waals surface area contributed by atoms with Crippen molar-refractivity contribution in [1.29, 1.82) is 0 Å². The van der Waals surface area contributed by atoms with Gasteiger partial charge in [-0.3, -0.25) is 0 Å². The van der Waals surface area contributed by atoms with Gasteiger partial charge in [-0.05, 0) is 46.1 Å². The van der Waals surface area contributed by atoms with Crippen LogP contribution < -0.4 is 5.32 Å². The second-order valence-electron chi connectivity index (χ2n) is 4.78. The topological polar surface area (TPSA) is 21.3 Å². The van der Waals surface area contributed by atoms with E-state index in [1.807, 2.05) is 7.05 Å². The third kappa shape index (κ3) is 4.97. The Morgan fingerprint density at radius 2 is 1.93 bits per heavy atom. The van der Waals surface area contributed by atoms with Crippen molar-refractivity contribution in [2.24, 2.45) is 5.92 Å². The number of hydrogen-bond acceptors (Lipinski definition) is 2. The number of hydrogen-bond donors (Lipinski definition) is 1. The first-order chi connectivity index (χ1) is 6.46. The van der Waals surface area contributed by atoms with Crippen molar-refractivity contribution in [2.75, 3.05) is 14.2 Å². The maximum atomic E-state index is 5.41. The second kappa shape index (κ2) is 6.41. The fraction of sp³-hybridized carbons (Fsp3) is 1.00. The van der Waals surface area contributed by atoms with Gasteiger partial charge in [-0.25, -0.2) is 0 Å². The van der Waals surface area contributed by atoms with Crippen molar-refractivity contribution in [2.45, 2.75) is 58.6 Å². The van der Waals surface area contributed by atoms with Gasteiger partial charge in [-0.1, -0.05) is 13.8 Å². The molecule has 0 fully saturated rings. The van der Waals surface area contributed by atoms with Gasteiger partial charge >= 0.3 is 0 Å². The zero-order valence-electron chi connectivity index (χ0n) is 10.7. The van der Waals surface area contributed by atoms with Crippen molar-refractivity contribution >= 4 is 0 Å². The molecule has 1 N–H and O–H groups in total. The Hall–Kier alpha value is -0.0800. The molecule has 0 aromatic heterocycles. The average Bonchev–Trinajstić information content (AvgIpc) is 2.17. The van der Waals surface area contributed by atoms with Crippen LogP contribution in [-0.4, -0.2) is 25.8 Å². The zero-order chi connectivity index (χ0) is 11.2. The SMILES string of the molecule is CCC(NC)C(C)CCC(C)(C)OC. The molecule has 2 unspecified atom stereocenters. The first kappa shape index (κ1) is 13.9. The maximum Gasteiger partial charge on any atom is 0.0622 e. The molecule has 0 aromatic carbocycles. The first-order valence-electron chi connectivity index (χ1n) is 5.69. The van der Waals surface area contributed by atoms with Crippen molar-refractivity contribution in [3.05, 3.63) is 0 Å². The standard InChI is InChI=1S/C12H27NO/c1-7-11(13-5)10(2)8-9-12(3,4)14-6/h10-11,13H,7-9H2,1-6H3. The summed E-state index contributed by atoms with van der Waals surface area (Å²) in [5.41, 5.74) is 0.0281. The Balaban J connectivity index is 3.88. The van der Waals surface area contributed by atoms with Crippen LogP contribution in [0.5, 0.6) is 0 Å². The molecule has 86 valence electrons. The third-order valence-electron chi connectivity index (χ3n) is 3.25. The highest BCUT2D eigenvalue weighted by Gasteiger charge is 2.20. The highest BCUT2D eigenvalue weighted by atomic mass is 16.5. The van der Waals surface area contributed by atoms with Crippen LogP contribution in [0.3, 0.4) is 0 Å². The number of nitrogens with one attached hydrogen (secondary N) is 1. The van der Waals surface area contributed by atoms with Crippen LogP contribution in [0.4, 0.5) is 0 Å². The van der Waals surface area contributed by atoms with Gasteiger partial charge in [0.2, 0.25) is 0 Å². The fourth-order valence-corrected chi connectivity index (χ4v) is 1.77. The number of rotatable bonds is 7. The number of methoxy groups -OCH3 is 1. The van der Waals surface area contributed by atoms with Gasteiger partial charge in [0.05, 0.1) is 5.60 Å². The molecule has 0 aliphatic carbocycles. The molecule has 0 aliphatic heterocycles. The van der Waals surface area contributed by atoms with Gasteiger partial charge in [0, 0.05) is 13.2 Å². The first-order valence-corrected chi connectivity index (χ1v) is 5.69. The van der Waals surface area contributed by atoms with Crippen LogP contribution in [-0.2, 0) is 4.74 Å². The molecule has 0 aromatic rings. The van der Waals surface area contributed by atoms with Crippen molar-refractivity contribution in [3.8, 4) is 0 Å². The highest BCUT2D eigenvalue weighted by Crippen LogP contribution is 2.21. The molecule has 0 spiro atoms. The van der Waals surface area contributed by atoms with Crippen LogP contribution in [0, 0.1) is 5.92 Å². The van der Waals surface area contributed by atoms with Crippen LogP contribution >= 0.6 is 0 Å². The van der Waals surface area contributed by atoms with Crippen molar-refractivity contribution < 1.29 is 4.74 Å². The van der Waals surface area contributed by atoms with Gasteiger partial charge < -0.3 is 10.1 Å². The molecular formula is C12H27NO. The molecule has 0 rings (SSSR count). The lowest BCUT2D eigenvalue weighted by Crippen LogP contribution is -2.33. The monoisotopic (exact) mass is 201 g/mol. The van der Waals surface area contributed by atoms with Gasteiger partial charge in [-0.15, -0.1) is 0 Å². The summed E-state index contributed by atoms with van der Waals surface area (Å²) in [5, 5.41) is 3.36. The summed E-state index contributed by atoms with van der Waals surface area (Å²) in [4.78, 5) is 0. The van der Waals surface area contributed by atoms with E-state index in [-0.39, 0.29) is 5.60 Å². The highest BCUT2D eigenvalue weighted by molar-refractivity contribution is 4.75. The van der Waals surface area contributed by atoms with E-state index < -0.39 is 0 Å². The molecule has 2 heteroatoms. The Morgan fingerprint density at radius 3 is 2.29 bits per heavy atom. The molecule has 0 saturated heterocycles. The summed E-state index contributed by atoms with van der Waals surface area (Å²) < 4.78 is 5.41. The zero-order valence-corrected chi connectivity index (χ0v) is 10.7. The summed E-state index contributed by atoms with van der Waals surface area (Å²) in [6, 6.07) is 0.641. The summed E-state index contributed by atoms with van der Waals surface area (Å²) in [6.07, 6.45) is 3.55. The van der Waals surface area contributed by atoms with E-state index >= 15 is 0 Å². The normalized spacial score (nSPS) is 16.7. The lowest BCUT2D eigenvalue weighted by molar-refractivity contribution is 0.00972. The minimum Gasteiger partial charge on any atom is -0.379 e. The lowest BCUT2D eigenvalue weighted by atomic mass is 9.90. The largest absolute Gasteiger partial charge is 0.379 e. The smallest absolute Gasteiger partial charge is 0.0622 e. The van der Waals surface area contributed by atoms with E-state index in [9.17, 15) is 0 Å². The van der Waals surface area contributed by atoms with E-state index in [1.54, 1.807) is 7.11 Å². The van der Waals surface area contributed by atoms with Gasteiger partial charge in [0.1, 0.15) is 0 Å². The molecule has 0 bridgehead atoms. The number of ether oxygens (including phenoxy) is 1. The minimum atomic E-state index is 0.0281. The fourth-order valence-electron chi connectivity index (χ4n) is 1.77.